The average molecular weight is 271 g/mol. The van der Waals surface area contributed by atoms with Crippen molar-refractivity contribution in [1.82, 2.24) is 19.9 Å². The molecule has 0 radical (unpaired) electrons. The van der Waals surface area contributed by atoms with Crippen molar-refractivity contribution in [3.05, 3.63) is 23.9 Å². The van der Waals surface area contributed by atoms with Crippen LogP contribution in [0.5, 0.6) is 0 Å². The Labute approximate surface area is 119 Å². The van der Waals surface area contributed by atoms with Crippen molar-refractivity contribution < 1.29 is 0 Å². The molecule has 2 aliphatic heterocycles. The smallest absolute Gasteiger partial charge is 0.245 e. The Bertz CT molecular complexity index is 622. The van der Waals surface area contributed by atoms with Crippen molar-refractivity contribution >= 4 is 11.6 Å². The van der Waals surface area contributed by atoms with Gasteiger partial charge in [-0.05, 0) is 44.2 Å². The first-order valence-electron chi connectivity index (χ1n) is 7.51. The number of hydrogen-bond acceptors (Lipinski definition) is 4. The molecule has 0 spiro atoms. The molecule has 2 atom stereocenters. The summed E-state index contributed by atoms with van der Waals surface area (Å²) in [6.45, 7) is 2.08. The Morgan fingerprint density at radius 2 is 2.00 bits per heavy atom. The number of piperidine rings is 1. The summed E-state index contributed by atoms with van der Waals surface area (Å²) < 4.78 is 1.89. The van der Waals surface area contributed by atoms with Gasteiger partial charge in [-0.25, -0.2) is 4.52 Å². The van der Waals surface area contributed by atoms with Crippen molar-refractivity contribution in [2.45, 2.75) is 50.7 Å². The predicted molar refractivity (Wildman–Crippen MR) is 79.1 cm³/mol. The molecule has 2 saturated heterocycles. The van der Waals surface area contributed by atoms with E-state index in [2.05, 4.69) is 40.3 Å². The summed E-state index contributed by atoms with van der Waals surface area (Å²) in [4.78, 5) is 6.93. The molecule has 2 aromatic heterocycles. The summed E-state index contributed by atoms with van der Waals surface area (Å²) in [6, 6.07) is 6.07. The van der Waals surface area contributed by atoms with Crippen LogP contribution in [-0.4, -0.2) is 39.8 Å². The molecule has 0 aromatic carbocycles. The van der Waals surface area contributed by atoms with Gasteiger partial charge in [0.15, 0.2) is 5.65 Å². The minimum atomic E-state index is 0.562. The van der Waals surface area contributed by atoms with E-state index in [1.54, 1.807) is 0 Å². The van der Waals surface area contributed by atoms with Crippen LogP contribution in [0.2, 0.25) is 0 Å². The topological polar surface area (TPSA) is 45.5 Å². The van der Waals surface area contributed by atoms with E-state index >= 15 is 0 Å². The lowest BCUT2D eigenvalue weighted by Crippen LogP contribution is -2.47. The van der Waals surface area contributed by atoms with Crippen molar-refractivity contribution in [3.63, 3.8) is 0 Å². The van der Waals surface area contributed by atoms with E-state index in [1.165, 1.54) is 31.2 Å². The van der Waals surface area contributed by atoms with Gasteiger partial charge >= 0.3 is 0 Å². The first-order valence-corrected chi connectivity index (χ1v) is 7.51. The van der Waals surface area contributed by atoms with Crippen LogP contribution in [0.1, 0.15) is 31.2 Å². The molecule has 106 valence electrons. The third-order valence-corrected chi connectivity index (χ3v) is 4.78. The lowest BCUT2D eigenvalue weighted by Gasteiger charge is -2.34. The van der Waals surface area contributed by atoms with Crippen molar-refractivity contribution in [2.75, 3.05) is 11.9 Å². The zero-order valence-corrected chi connectivity index (χ0v) is 12.1. The number of pyridine rings is 1. The van der Waals surface area contributed by atoms with Crippen molar-refractivity contribution in [1.29, 1.82) is 0 Å². The van der Waals surface area contributed by atoms with Crippen LogP contribution in [0.3, 0.4) is 0 Å². The molecular formula is C15H21N5. The molecule has 0 saturated carbocycles. The number of fused-ring (bicyclic) bond motifs is 3. The number of nitrogens with one attached hydrogen (secondary N) is 1. The highest BCUT2D eigenvalue weighted by atomic mass is 15.4. The fourth-order valence-electron chi connectivity index (χ4n) is 3.63. The van der Waals surface area contributed by atoms with Gasteiger partial charge in [-0.15, -0.1) is 5.10 Å². The average Bonchev–Trinajstić information content (AvgIpc) is 3.00. The molecule has 5 nitrogen and oxygen atoms in total. The van der Waals surface area contributed by atoms with Gasteiger partial charge in [0.1, 0.15) is 0 Å². The highest BCUT2D eigenvalue weighted by Gasteiger charge is 2.35. The number of hydrogen-bond donors (Lipinski definition) is 1. The minimum absolute atomic E-state index is 0.562. The van der Waals surface area contributed by atoms with Gasteiger partial charge in [-0.1, -0.05) is 6.07 Å². The van der Waals surface area contributed by atoms with Crippen LogP contribution in [0, 0.1) is 6.92 Å². The lowest BCUT2D eigenvalue weighted by molar-refractivity contribution is 0.353. The molecule has 5 heteroatoms. The van der Waals surface area contributed by atoms with Gasteiger partial charge in [0.25, 0.3) is 0 Å². The Kier molecular flexibility index (Phi) is 2.70. The number of anilines is 1. The van der Waals surface area contributed by atoms with Crippen LogP contribution in [0.15, 0.2) is 18.3 Å². The molecule has 2 aliphatic rings. The maximum absolute atomic E-state index is 4.66. The van der Waals surface area contributed by atoms with Crippen LogP contribution < -0.4 is 10.2 Å². The molecule has 1 N–H and O–H groups in total. The minimum Gasteiger partial charge on any atom is -0.339 e. The largest absolute Gasteiger partial charge is 0.339 e. The van der Waals surface area contributed by atoms with Gasteiger partial charge < -0.3 is 10.2 Å². The van der Waals surface area contributed by atoms with E-state index in [0.717, 1.165) is 11.6 Å². The zero-order valence-electron chi connectivity index (χ0n) is 12.1. The number of nitrogens with zero attached hydrogens (tertiary/aromatic N) is 4. The predicted octanol–water partition coefficient (Wildman–Crippen LogP) is 1.76. The van der Waals surface area contributed by atoms with Gasteiger partial charge in [0.2, 0.25) is 5.95 Å². The first kappa shape index (κ1) is 12.1. The standard InChI is InChI=1S/C15H21N5/c1-10-3-6-14-17-15(18-20(14)9-10)19(2)13-7-11-4-5-12(8-13)16-11/h3,6,9,11-13,16H,4-5,7-8H2,1-2H3. The van der Waals surface area contributed by atoms with Crippen LogP contribution in [-0.2, 0) is 0 Å². The molecule has 4 heterocycles. The molecule has 2 aromatic rings. The molecule has 2 bridgehead atoms. The molecule has 20 heavy (non-hydrogen) atoms. The third kappa shape index (κ3) is 1.97. The highest BCUT2D eigenvalue weighted by molar-refractivity contribution is 5.45. The number of aryl methyl sites for hydroxylation is 1. The van der Waals surface area contributed by atoms with Gasteiger partial charge in [-0.2, -0.15) is 4.98 Å². The molecule has 0 aliphatic carbocycles. The van der Waals surface area contributed by atoms with E-state index in [9.17, 15) is 0 Å². The fraction of sp³-hybridized carbons (Fsp3) is 0.600. The molecule has 2 fully saturated rings. The summed E-state index contributed by atoms with van der Waals surface area (Å²) in [5.41, 5.74) is 2.13. The second-order valence-electron chi connectivity index (χ2n) is 6.30. The van der Waals surface area contributed by atoms with E-state index in [-0.39, 0.29) is 0 Å². The van der Waals surface area contributed by atoms with Crippen molar-refractivity contribution in [3.8, 4) is 0 Å². The third-order valence-electron chi connectivity index (χ3n) is 4.78. The molecule has 2 unspecified atom stereocenters. The Hall–Kier alpha value is -1.62. The zero-order chi connectivity index (χ0) is 13.7. The normalized spacial score (nSPS) is 29.0. The van der Waals surface area contributed by atoms with E-state index in [0.29, 0.717) is 18.1 Å². The second-order valence-corrected chi connectivity index (χ2v) is 6.30. The number of rotatable bonds is 2. The molecule has 4 rings (SSSR count). The molecule has 0 amide bonds. The van der Waals surface area contributed by atoms with Gasteiger partial charge in [0.05, 0.1) is 0 Å². The summed E-state index contributed by atoms with van der Waals surface area (Å²) in [7, 11) is 2.14. The van der Waals surface area contributed by atoms with Crippen LogP contribution >= 0.6 is 0 Å². The number of aromatic nitrogens is 3. The van der Waals surface area contributed by atoms with Gasteiger partial charge in [-0.3, -0.25) is 0 Å². The highest BCUT2D eigenvalue weighted by Crippen LogP contribution is 2.30. The Morgan fingerprint density at radius 1 is 1.25 bits per heavy atom. The fourth-order valence-corrected chi connectivity index (χ4v) is 3.63. The van der Waals surface area contributed by atoms with Crippen LogP contribution in [0.4, 0.5) is 5.95 Å². The van der Waals surface area contributed by atoms with E-state index < -0.39 is 0 Å². The maximum Gasteiger partial charge on any atom is 0.245 e. The quantitative estimate of drug-likeness (QED) is 0.904. The Morgan fingerprint density at radius 3 is 2.75 bits per heavy atom. The van der Waals surface area contributed by atoms with E-state index in [4.69, 9.17) is 0 Å². The monoisotopic (exact) mass is 271 g/mol. The summed E-state index contributed by atoms with van der Waals surface area (Å²) in [6.07, 6.45) is 7.11. The first-order chi connectivity index (χ1) is 9.69. The van der Waals surface area contributed by atoms with Crippen LogP contribution in [0.25, 0.3) is 5.65 Å². The lowest BCUT2D eigenvalue weighted by atomic mass is 9.99. The summed E-state index contributed by atoms with van der Waals surface area (Å²) in [5.74, 6) is 0.849. The van der Waals surface area contributed by atoms with Crippen molar-refractivity contribution in [2.24, 2.45) is 0 Å². The summed E-state index contributed by atoms with van der Waals surface area (Å²) in [5, 5.41) is 8.32. The SMILES string of the molecule is Cc1ccc2nc(N(C)C3CC4CCC(C3)N4)nn2c1. The molecular weight excluding hydrogens is 250 g/mol. The Balaban J connectivity index is 1.61. The maximum atomic E-state index is 4.66. The van der Waals surface area contributed by atoms with E-state index in [1.807, 2.05) is 16.8 Å². The summed E-state index contributed by atoms with van der Waals surface area (Å²) >= 11 is 0. The second kappa shape index (κ2) is 4.45. The van der Waals surface area contributed by atoms with Gasteiger partial charge in [0, 0.05) is 31.4 Å².